The van der Waals surface area contributed by atoms with Crippen LogP contribution in [-0.4, -0.2) is 14.7 Å². The Morgan fingerprint density at radius 2 is 1.52 bits per heavy atom. The van der Waals surface area contributed by atoms with E-state index in [1.807, 2.05) is 30.3 Å². The minimum Gasteiger partial charge on any atom is -0.298 e. The number of aldehydes is 1. The van der Waals surface area contributed by atoms with E-state index in [4.69, 9.17) is 0 Å². The van der Waals surface area contributed by atoms with Gasteiger partial charge in [-0.05, 0) is 25.5 Å². The second-order valence-electron chi connectivity index (χ2n) is 5.25. The van der Waals surface area contributed by atoms with Crippen molar-refractivity contribution in [2.24, 2.45) is 0 Å². The van der Waals surface area contributed by atoms with E-state index < -0.39 is 15.6 Å². The number of hydrogen-bond donors (Lipinski definition) is 1. The first-order valence-corrected chi connectivity index (χ1v) is 7.99. The van der Waals surface area contributed by atoms with Crippen LogP contribution in [0.1, 0.15) is 29.8 Å². The first kappa shape index (κ1) is 15.4. The maximum Gasteiger partial charge on any atom is 0.242 e. The van der Waals surface area contributed by atoms with Gasteiger partial charge in [0.15, 0.2) is 6.29 Å². The van der Waals surface area contributed by atoms with Gasteiger partial charge < -0.3 is 0 Å². The second kappa shape index (κ2) is 5.79. The van der Waals surface area contributed by atoms with Crippen molar-refractivity contribution in [3.05, 3.63) is 65.7 Å². The van der Waals surface area contributed by atoms with E-state index >= 15 is 0 Å². The van der Waals surface area contributed by atoms with Gasteiger partial charge in [-0.2, -0.15) is 0 Å². The molecule has 4 nitrogen and oxygen atoms in total. The summed E-state index contributed by atoms with van der Waals surface area (Å²) in [4.78, 5) is 11.0. The fourth-order valence-electron chi connectivity index (χ4n) is 2.13. The van der Waals surface area contributed by atoms with Crippen LogP contribution in [0.4, 0.5) is 0 Å². The van der Waals surface area contributed by atoms with E-state index in [-0.39, 0.29) is 10.5 Å². The molecule has 0 atom stereocenters. The molecule has 2 rings (SSSR count). The number of rotatable bonds is 5. The van der Waals surface area contributed by atoms with Crippen LogP contribution in [0.5, 0.6) is 0 Å². The monoisotopic (exact) mass is 303 g/mol. The van der Waals surface area contributed by atoms with Crippen molar-refractivity contribution in [3.63, 3.8) is 0 Å². The van der Waals surface area contributed by atoms with Gasteiger partial charge >= 0.3 is 0 Å². The van der Waals surface area contributed by atoms with Crippen LogP contribution in [-0.2, 0) is 15.6 Å². The first-order chi connectivity index (χ1) is 9.87. The Labute approximate surface area is 124 Å². The molecule has 110 valence electrons. The number of nitrogens with one attached hydrogen (secondary N) is 1. The topological polar surface area (TPSA) is 63.2 Å². The van der Waals surface area contributed by atoms with Crippen molar-refractivity contribution < 1.29 is 13.2 Å². The van der Waals surface area contributed by atoms with E-state index in [1.165, 1.54) is 12.1 Å². The standard InChI is InChI=1S/C16H17NO3S/c1-16(2,14-9-4-3-5-10-14)17-21(19,20)15-11-7-6-8-13(15)12-18/h3-12,17H,1-2H3. The number of carbonyl (C=O) groups is 1. The predicted octanol–water partition coefficient (Wildman–Crippen LogP) is 2.71. The lowest BCUT2D eigenvalue weighted by Gasteiger charge is -2.26. The minimum atomic E-state index is -3.79. The Hall–Kier alpha value is -1.98. The molecular weight excluding hydrogens is 286 g/mol. The molecule has 0 aliphatic carbocycles. The summed E-state index contributed by atoms with van der Waals surface area (Å²) in [6.45, 7) is 3.56. The molecule has 2 aromatic carbocycles. The van der Waals surface area contributed by atoms with Gasteiger partial charge in [0.1, 0.15) is 0 Å². The second-order valence-corrected chi connectivity index (χ2v) is 6.90. The highest BCUT2D eigenvalue weighted by molar-refractivity contribution is 7.89. The van der Waals surface area contributed by atoms with Crippen LogP contribution in [0.2, 0.25) is 0 Å². The van der Waals surface area contributed by atoms with Crippen molar-refractivity contribution in [1.29, 1.82) is 0 Å². The van der Waals surface area contributed by atoms with E-state index in [9.17, 15) is 13.2 Å². The van der Waals surface area contributed by atoms with Gasteiger partial charge in [-0.15, -0.1) is 0 Å². The SMILES string of the molecule is CC(C)(NS(=O)(=O)c1ccccc1C=O)c1ccccc1. The summed E-state index contributed by atoms with van der Waals surface area (Å²) in [6, 6.07) is 15.4. The maximum absolute atomic E-state index is 12.5. The first-order valence-electron chi connectivity index (χ1n) is 6.50. The summed E-state index contributed by atoms with van der Waals surface area (Å²) in [5, 5.41) is 0. The summed E-state index contributed by atoms with van der Waals surface area (Å²) in [5.74, 6) is 0. The van der Waals surface area contributed by atoms with Crippen molar-refractivity contribution in [2.45, 2.75) is 24.3 Å². The third kappa shape index (κ3) is 3.37. The van der Waals surface area contributed by atoms with Crippen molar-refractivity contribution in [1.82, 2.24) is 4.72 Å². The fraction of sp³-hybridized carbons (Fsp3) is 0.188. The smallest absolute Gasteiger partial charge is 0.242 e. The van der Waals surface area contributed by atoms with Gasteiger partial charge in [-0.3, -0.25) is 4.79 Å². The third-order valence-corrected chi connectivity index (χ3v) is 4.95. The van der Waals surface area contributed by atoms with Gasteiger partial charge in [-0.25, -0.2) is 13.1 Å². The summed E-state index contributed by atoms with van der Waals surface area (Å²) in [6.07, 6.45) is 0.546. The number of sulfonamides is 1. The van der Waals surface area contributed by atoms with Crippen LogP contribution < -0.4 is 4.72 Å². The normalized spacial score (nSPS) is 12.1. The molecule has 0 aromatic heterocycles. The highest BCUT2D eigenvalue weighted by Gasteiger charge is 2.28. The zero-order chi connectivity index (χ0) is 15.5. The highest BCUT2D eigenvalue weighted by atomic mass is 32.2. The molecule has 0 radical (unpaired) electrons. The molecule has 0 aliphatic heterocycles. The quantitative estimate of drug-likeness (QED) is 0.864. The molecule has 0 heterocycles. The van der Waals surface area contributed by atoms with Crippen molar-refractivity contribution in [2.75, 3.05) is 0 Å². The molecule has 0 saturated carbocycles. The van der Waals surface area contributed by atoms with E-state index in [1.54, 1.807) is 26.0 Å². The van der Waals surface area contributed by atoms with Crippen LogP contribution in [0, 0.1) is 0 Å². The molecule has 0 saturated heterocycles. The number of hydrogen-bond acceptors (Lipinski definition) is 3. The van der Waals surface area contributed by atoms with Gasteiger partial charge in [0.2, 0.25) is 10.0 Å². The average molecular weight is 303 g/mol. The van der Waals surface area contributed by atoms with Gasteiger partial charge in [-0.1, -0.05) is 48.5 Å². The predicted molar refractivity (Wildman–Crippen MR) is 81.6 cm³/mol. The molecule has 2 aromatic rings. The largest absolute Gasteiger partial charge is 0.298 e. The summed E-state index contributed by atoms with van der Waals surface area (Å²) in [7, 11) is -3.79. The average Bonchev–Trinajstić information content (AvgIpc) is 2.47. The molecule has 0 fully saturated rings. The minimum absolute atomic E-state index is 0.0102. The van der Waals surface area contributed by atoms with E-state index in [0.717, 1.165) is 5.56 Å². The van der Waals surface area contributed by atoms with Gasteiger partial charge in [0.05, 0.1) is 10.4 Å². The molecule has 0 bridgehead atoms. The Morgan fingerprint density at radius 1 is 0.952 bits per heavy atom. The highest BCUT2D eigenvalue weighted by Crippen LogP contribution is 2.23. The molecule has 5 heteroatoms. The zero-order valence-corrected chi connectivity index (χ0v) is 12.7. The van der Waals surface area contributed by atoms with Crippen molar-refractivity contribution in [3.8, 4) is 0 Å². The molecule has 0 spiro atoms. The molecular formula is C16H17NO3S. The summed E-state index contributed by atoms with van der Waals surface area (Å²) >= 11 is 0. The zero-order valence-electron chi connectivity index (χ0n) is 11.9. The summed E-state index contributed by atoms with van der Waals surface area (Å²) in [5.41, 5.74) is 0.210. The van der Waals surface area contributed by atoms with Crippen molar-refractivity contribution >= 4 is 16.3 Å². The Bertz CT molecular complexity index is 737. The molecule has 0 aliphatic rings. The Kier molecular flexibility index (Phi) is 4.25. The van der Waals surface area contributed by atoms with Crippen LogP contribution in [0.25, 0.3) is 0 Å². The van der Waals surface area contributed by atoms with E-state index in [0.29, 0.717) is 6.29 Å². The Morgan fingerprint density at radius 3 is 2.14 bits per heavy atom. The van der Waals surface area contributed by atoms with E-state index in [2.05, 4.69) is 4.72 Å². The van der Waals surface area contributed by atoms with Crippen LogP contribution in [0.3, 0.4) is 0 Å². The number of carbonyl (C=O) groups excluding carboxylic acids is 1. The van der Waals surface area contributed by atoms with Gasteiger partial charge in [0.25, 0.3) is 0 Å². The molecule has 0 amide bonds. The molecule has 0 unspecified atom stereocenters. The lowest BCUT2D eigenvalue weighted by atomic mass is 9.96. The molecule has 1 N–H and O–H groups in total. The summed E-state index contributed by atoms with van der Waals surface area (Å²) < 4.78 is 27.7. The fourth-order valence-corrected chi connectivity index (χ4v) is 3.71. The lowest BCUT2D eigenvalue weighted by Crippen LogP contribution is -2.41. The number of benzene rings is 2. The Balaban J connectivity index is 2.40. The maximum atomic E-state index is 12.5. The van der Waals surface area contributed by atoms with Gasteiger partial charge in [0, 0.05) is 5.56 Å². The molecule has 21 heavy (non-hydrogen) atoms. The third-order valence-electron chi connectivity index (χ3n) is 3.22. The van der Waals surface area contributed by atoms with Crippen LogP contribution >= 0.6 is 0 Å². The lowest BCUT2D eigenvalue weighted by molar-refractivity contribution is 0.112. The van der Waals surface area contributed by atoms with Crippen LogP contribution in [0.15, 0.2) is 59.5 Å².